The summed E-state index contributed by atoms with van der Waals surface area (Å²) in [7, 11) is -3.78. The molecule has 0 amide bonds. The second-order valence-electron chi connectivity index (χ2n) is 6.30. The predicted molar refractivity (Wildman–Crippen MR) is 98.7 cm³/mol. The first-order valence-electron chi connectivity index (χ1n) is 8.36. The van der Waals surface area contributed by atoms with Crippen LogP contribution in [0.5, 0.6) is 11.5 Å². The van der Waals surface area contributed by atoms with Gasteiger partial charge in [-0.3, -0.25) is 9.10 Å². The van der Waals surface area contributed by atoms with E-state index in [2.05, 4.69) is 0 Å². The number of rotatable bonds is 5. The Morgan fingerprint density at radius 2 is 1.85 bits per heavy atom. The van der Waals surface area contributed by atoms with Crippen LogP contribution in [0, 0.1) is 0 Å². The van der Waals surface area contributed by atoms with E-state index >= 15 is 0 Å². The Labute approximate surface area is 153 Å². The summed E-state index contributed by atoms with van der Waals surface area (Å²) in [6.07, 6.45) is 0.00794. The quantitative estimate of drug-likeness (QED) is 0.750. The summed E-state index contributed by atoms with van der Waals surface area (Å²) in [5.41, 5.74) is 0.821. The van der Waals surface area contributed by atoms with E-state index in [0.29, 0.717) is 22.7 Å². The molecule has 3 rings (SSSR count). The van der Waals surface area contributed by atoms with Crippen molar-refractivity contribution in [3.63, 3.8) is 0 Å². The molecule has 0 radical (unpaired) electrons. The molecule has 26 heavy (non-hydrogen) atoms. The van der Waals surface area contributed by atoms with E-state index in [9.17, 15) is 13.2 Å². The zero-order valence-electron chi connectivity index (χ0n) is 14.9. The fraction of sp³-hybridized carbons (Fsp3) is 0.316. The van der Waals surface area contributed by atoms with Crippen molar-refractivity contribution in [2.75, 3.05) is 17.5 Å². The van der Waals surface area contributed by atoms with E-state index in [1.165, 1.54) is 23.4 Å². The maximum absolute atomic E-state index is 13.1. The van der Waals surface area contributed by atoms with Crippen molar-refractivity contribution in [2.24, 2.45) is 0 Å². The minimum absolute atomic E-state index is 0.00794. The predicted octanol–water partition coefficient (Wildman–Crippen LogP) is 3.26. The Kier molecular flexibility index (Phi) is 4.91. The Morgan fingerprint density at radius 1 is 1.15 bits per heavy atom. The number of sulfonamides is 1. The fourth-order valence-electron chi connectivity index (χ4n) is 2.75. The SMILES string of the molecule is CC(=O)c1ccc2c(c1)N(S(=O)(=O)c1ccc(OC(C)C)cc1)CCO2. The van der Waals surface area contributed by atoms with Crippen molar-refractivity contribution in [3.05, 3.63) is 48.0 Å². The Morgan fingerprint density at radius 3 is 2.46 bits per heavy atom. The van der Waals surface area contributed by atoms with Gasteiger partial charge in [0.25, 0.3) is 10.0 Å². The number of hydrogen-bond donors (Lipinski definition) is 0. The fourth-order valence-corrected chi connectivity index (χ4v) is 4.20. The van der Waals surface area contributed by atoms with Crippen LogP contribution in [0.1, 0.15) is 31.1 Å². The lowest BCUT2D eigenvalue weighted by Crippen LogP contribution is -2.38. The number of carbonyl (C=O) groups is 1. The average molecular weight is 375 g/mol. The highest BCUT2D eigenvalue weighted by molar-refractivity contribution is 7.92. The van der Waals surface area contributed by atoms with E-state index in [0.717, 1.165) is 0 Å². The number of carbonyl (C=O) groups excluding carboxylic acids is 1. The van der Waals surface area contributed by atoms with E-state index in [-0.39, 0.29) is 29.9 Å². The number of fused-ring (bicyclic) bond motifs is 1. The Balaban J connectivity index is 1.98. The van der Waals surface area contributed by atoms with Crippen molar-refractivity contribution in [1.82, 2.24) is 0 Å². The van der Waals surface area contributed by atoms with E-state index < -0.39 is 10.0 Å². The molecular formula is C19H21NO5S. The van der Waals surface area contributed by atoms with Gasteiger partial charge in [0.05, 0.1) is 23.2 Å². The highest BCUT2D eigenvalue weighted by Gasteiger charge is 2.30. The first kappa shape index (κ1) is 18.3. The molecule has 1 aliphatic rings. The number of benzene rings is 2. The second kappa shape index (κ2) is 6.99. The van der Waals surface area contributed by atoms with Crippen LogP contribution >= 0.6 is 0 Å². The van der Waals surface area contributed by atoms with Crippen LogP contribution < -0.4 is 13.8 Å². The second-order valence-corrected chi connectivity index (χ2v) is 8.16. The van der Waals surface area contributed by atoms with Crippen molar-refractivity contribution >= 4 is 21.5 Å². The van der Waals surface area contributed by atoms with Crippen LogP contribution in [-0.4, -0.2) is 33.5 Å². The monoisotopic (exact) mass is 375 g/mol. The topological polar surface area (TPSA) is 72.9 Å². The van der Waals surface area contributed by atoms with Gasteiger partial charge in [0.1, 0.15) is 18.1 Å². The molecule has 138 valence electrons. The molecule has 7 heteroatoms. The minimum Gasteiger partial charge on any atom is -0.491 e. The maximum atomic E-state index is 13.1. The average Bonchev–Trinajstić information content (AvgIpc) is 2.60. The standard InChI is InChI=1S/C19H21NO5S/c1-13(2)25-16-5-7-17(8-6-16)26(22,23)20-10-11-24-19-9-4-15(14(3)21)12-18(19)20/h4-9,12-13H,10-11H2,1-3H3. The Hall–Kier alpha value is -2.54. The zero-order valence-corrected chi connectivity index (χ0v) is 15.7. The summed E-state index contributed by atoms with van der Waals surface area (Å²) in [5, 5.41) is 0. The molecule has 0 spiro atoms. The van der Waals surface area contributed by atoms with Crippen LogP contribution in [-0.2, 0) is 10.0 Å². The first-order chi connectivity index (χ1) is 12.3. The lowest BCUT2D eigenvalue weighted by Gasteiger charge is -2.30. The number of Topliss-reactive ketones (excluding diaryl/α,β-unsaturated/α-hetero) is 1. The van der Waals surface area contributed by atoms with Gasteiger partial charge in [-0.25, -0.2) is 8.42 Å². The lowest BCUT2D eigenvalue weighted by molar-refractivity contribution is 0.101. The molecule has 0 aromatic heterocycles. The summed E-state index contributed by atoms with van der Waals surface area (Å²) in [6.45, 7) is 5.68. The third kappa shape index (κ3) is 3.53. The van der Waals surface area contributed by atoms with Gasteiger partial charge in [0, 0.05) is 5.56 Å². The molecule has 1 heterocycles. The van der Waals surface area contributed by atoms with Gasteiger partial charge in [-0.2, -0.15) is 0 Å². The van der Waals surface area contributed by atoms with Gasteiger partial charge < -0.3 is 9.47 Å². The van der Waals surface area contributed by atoms with Gasteiger partial charge in [0.15, 0.2) is 5.78 Å². The molecule has 0 atom stereocenters. The van der Waals surface area contributed by atoms with Gasteiger partial charge in [-0.05, 0) is 63.2 Å². The highest BCUT2D eigenvalue weighted by atomic mass is 32.2. The molecule has 2 aromatic rings. The summed E-state index contributed by atoms with van der Waals surface area (Å²) in [5.74, 6) is 0.927. The Bertz CT molecular complexity index is 919. The summed E-state index contributed by atoms with van der Waals surface area (Å²) < 4.78 is 38.6. The van der Waals surface area contributed by atoms with Gasteiger partial charge in [-0.1, -0.05) is 0 Å². The zero-order chi connectivity index (χ0) is 18.9. The van der Waals surface area contributed by atoms with Crippen molar-refractivity contribution in [3.8, 4) is 11.5 Å². The number of ketones is 1. The summed E-state index contributed by atoms with van der Waals surface area (Å²) >= 11 is 0. The summed E-state index contributed by atoms with van der Waals surface area (Å²) in [4.78, 5) is 11.8. The van der Waals surface area contributed by atoms with Crippen LogP contribution in [0.2, 0.25) is 0 Å². The van der Waals surface area contributed by atoms with E-state index in [1.807, 2.05) is 13.8 Å². The molecule has 6 nitrogen and oxygen atoms in total. The molecule has 0 aliphatic carbocycles. The molecule has 0 bridgehead atoms. The third-order valence-corrected chi connectivity index (χ3v) is 5.80. The van der Waals surface area contributed by atoms with E-state index in [1.54, 1.807) is 30.3 Å². The van der Waals surface area contributed by atoms with Crippen LogP contribution in [0.3, 0.4) is 0 Å². The van der Waals surface area contributed by atoms with E-state index in [4.69, 9.17) is 9.47 Å². The molecule has 0 fully saturated rings. The van der Waals surface area contributed by atoms with Crippen LogP contribution in [0.25, 0.3) is 0 Å². The minimum atomic E-state index is -3.78. The normalized spacial score (nSPS) is 13.9. The maximum Gasteiger partial charge on any atom is 0.264 e. The van der Waals surface area contributed by atoms with Gasteiger partial charge in [-0.15, -0.1) is 0 Å². The number of hydrogen-bond acceptors (Lipinski definition) is 5. The molecular weight excluding hydrogens is 354 g/mol. The van der Waals surface area contributed by atoms with Crippen LogP contribution in [0.15, 0.2) is 47.4 Å². The van der Waals surface area contributed by atoms with Gasteiger partial charge >= 0.3 is 0 Å². The number of ether oxygens (including phenoxy) is 2. The molecule has 0 unspecified atom stereocenters. The van der Waals surface area contributed by atoms with Crippen molar-refractivity contribution in [1.29, 1.82) is 0 Å². The van der Waals surface area contributed by atoms with Crippen molar-refractivity contribution in [2.45, 2.75) is 31.8 Å². The molecule has 0 saturated heterocycles. The molecule has 2 aromatic carbocycles. The first-order valence-corrected chi connectivity index (χ1v) is 9.80. The molecule has 0 N–H and O–H groups in total. The summed E-state index contributed by atoms with van der Waals surface area (Å²) in [6, 6.07) is 11.2. The number of anilines is 1. The largest absolute Gasteiger partial charge is 0.491 e. The highest BCUT2D eigenvalue weighted by Crippen LogP contribution is 2.36. The molecule has 0 saturated carbocycles. The molecule has 1 aliphatic heterocycles. The third-order valence-electron chi connectivity index (χ3n) is 3.97. The van der Waals surface area contributed by atoms with Crippen LogP contribution in [0.4, 0.5) is 5.69 Å². The smallest absolute Gasteiger partial charge is 0.264 e. The van der Waals surface area contributed by atoms with Gasteiger partial charge in [0.2, 0.25) is 0 Å². The number of nitrogens with zero attached hydrogens (tertiary/aromatic N) is 1. The lowest BCUT2D eigenvalue weighted by atomic mass is 10.1. The van der Waals surface area contributed by atoms with Crippen molar-refractivity contribution < 1.29 is 22.7 Å².